The van der Waals surface area contributed by atoms with E-state index in [0.717, 1.165) is 11.6 Å². The van der Waals surface area contributed by atoms with E-state index < -0.39 is 25.3 Å². The van der Waals surface area contributed by atoms with Gasteiger partial charge in [0.15, 0.2) is 5.78 Å². The highest BCUT2D eigenvalue weighted by atomic mass is 31.2. The number of nitrogens with zero attached hydrogens (tertiary/aromatic N) is 1. The van der Waals surface area contributed by atoms with Crippen molar-refractivity contribution in [3.05, 3.63) is 114 Å². The SMILES string of the molecule is CCOC(=O)/C=C(\C(=O)OCC)N1C=Cc2ccccc2C1P(=O)(Oc1ccccc1)Oc1ccccc1. The number of rotatable bonds is 10. The number of para-hydroxylation sites is 2. The van der Waals surface area contributed by atoms with Gasteiger partial charge in [-0.1, -0.05) is 60.7 Å². The lowest BCUT2D eigenvalue weighted by molar-refractivity contribution is -0.142. The number of ether oxygens (including phenoxy) is 2. The molecule has 0 bridgehead atoms. The van der Waals surface area contributed by atoms with E-state index in [1.807, 2.05) is 24.3 Å². The Bertz CT molecular complexity index is 1330. The van der Waals surface area contributed by atoms with Crippen molar-refractivity contribution in [2.75, 3.05) is 13.2 Å². The zero-order valence-electron chi connectivity index (χ0n) is 21.1. The highest BCUT2D eigenvalue weighted by Crippen LogP contribution is 2.63. The Balaban J connectivity index is 1.91. The average Bonchev–Trinajstić information content (AvgIpc) is 2.92. The Morgan fingerprint density at radius 2 is 1.37 bits per heavy atom. The smallest absolute Gasteiger partial charge is 0.458 e. The van der Waals surface area contributed by atoms with Gasteiger partial charge in [0, 0.05) is 6.20 Å². The van der Waals surface area contributed by atoms with Gasteiger partial charge in [-0.3, -0.25) is 0 Å². The molecular formula is C29H28NO7P. The minimum Gasteiger partial charge on any atom is -0.463 e. The summed E-state index contributed by atoms with van der Waals surface area (Å²) in [6, 6.07) is 24.5. The molecule has 0 N–H and O–H groups in total. The second kappa shape index (κ2) is 12.3. The third-order valence-corrected chi connectivity index (χ3v) is 7.56. The fourth-order valence-electron chi connectivity index (χ4n) is 3.94. The van der Waals surface area contributed by atoms with Crippen LogP contribution in [0.4, 0.5) is 0 Å². The van der Waals surface area contributed by atoms with E-state index in [4.69, 9.17) is 18.5 Å². The van der Waals surface area contributed by atoms with Gasteiger partial charge in [-0.2, -0.15) is 0 Å². The van der Waals surface area contributed by atoms with Crippen molar-refractivity contribution in [3.8, 4) is 11.5 Å². The Morgan fingerprint density at radius 1 is 0.816 bits per heavy atom. The molecule has 0 radical (unpaired) electrons. The zero-order chi connectivity index (χ0) is 27.0. The molecule has 38 heavy (non-hydrogen) atoms. The van der Waals surface area contributed by atoms with E-state index in [2.05, 4.69) is 0 Å². The number of hydrogen-bond acceptors (Lipinski definition) is 8. The standard InChI is InChI=1S/C29H28NO7P/c1-3-34-27(31)21-26(29(32)35-4-2)30-20-19-22-13-11-12-18-25(22)28(30)38(33,36-23-14-7-5-8-15-23)37-24-16-9-6-10-17-24/h5-21,28H,3-4H2,1-2H3/b26-21+. The summed E-state index contributed by atoms with van der Waals surface area (Å²) in [4.78, 5) is 27.0. The number of fused-ring (bicyclic) bond motifs is 1. The quantitative estimate of drug-likeness (QED) is 0.170. The van der Waals surface area contributed by atoms with E-state index in [9.17, 15) is 14.2 Å². The summed E-state index contributed by atoms with van der Waals surface area (Å²) < 4.78 is 37.6. The van der Waals surface area contributed by atoms with Gasteiger partial charge in [0.25, 0.3) is 0 Å². The average molecular weight is 534 g/mol. The maximum Gasteiger partial charge on any atom is 0.458 e. The van der Waals surface area contributed by atoms with E-state index >= 15 is 0 Å². The van der Waals surface area contributed by atoms with E-state index in [0.29, 0.717) is 17.1 Å². The van der Waals surface area contributed by atoms with Crippen molar-refractivity contribution in [2.24, 2.45) is 0 Å². The number of hydrogen-bond donors (Lipinski definition) is 0. The number of carbonyl (C=O) groups excluding carboxylic acids is 2. The van der Waals surface area contributed by atoms with Crippen LogP contribution in [-0.4, -0.2) is 30.1 Å². The first-order chi connectivity index (χ1) is 18.4. The second-order valence-corrected chi connectivity index (χ2v) is 10.0. The van der Waals surface area contributed by atoms with Crippen molar-refractivity contribution in [3.63, 3.8) is 0 Å². The third kappa shape index (κ3) is 6.15. The molecule has 1 heterocycles. The molecule has 9 heteroatoms. The van der Waals surface area contributed by atoms with Crippen molar-refractivity contribution in [1.29, 1.82) is 0 Å². The van der Waals surface area contributed by atoms with Gasteiger partial charge in [-0.15, -0.1) is 0 Å². The van der Waals surface area contributed by atoms with Gasteiger partial charge < -0.3 is 23.4 Å². The van der Waals surface area contributed by atoms with Gasteiger partial charge in [0.2, 0.25) is 0 Å². The molecule has 0 amide bonds. The molecule has 196 valence electrons. The van der Waals surface area contributed by atoms with Crippen LogP contribution in [0.15, 0.2) is 103 Å². The number of benzene rings is 3. The van der Waals surface area contributed by atoms with Crippen LogP contribution in [0, 0.1) is 0 Å². The van der Waals surface area contributed by atoms with E-state index in [1.165, 1.54) is 4.90 Å². The summed E-state index contributed by atoms with van der Waals surface area (Å²) in [5.41, 5.74) is 1.15. The van der Waals surface area contributed by atoms with Crippen molar-refractivity contribution in [2.45, 2.75) is 19.6 Å². The minimum atomic E-state index is -4.22. The van der Waals surface area contributed by atoms with Gasteiger partial charge in [-0.25, -0.2) is 14.2 Å². The molecule has 0 aromatic heterocycles. The zero-order valence-corrected chi connectivity index (χ0v) is 22.0. The predicted molar refractivity (Wildman–Crippen MR) is 143 cm³/mol. The molecule has 0 saturated heterocycles. The highest BCUT2D eigenvalue weighted by molar-refractivity contribution is 7.55. The summed E-state index contributed by atoms with van der Waals surface area (Å²) in [6.45, 7) is 3.49. The van der Waals surface area contributed by atoms with E-state index in [1.54, 1.807) is 86.8 Å². The largest absolute Gasteiger partial charge is 0.463 e. The molecule has 0 fully saturated rings. The van der Waals surface area contributed by atoms with Crippen molar-refractivity contribution in [1.82, 2.24) is 4.90 Å². The van der Waals surface area contributed by atoms with Crippen LogP contribution in [0.3, 0.4) is 0 Å². The molecule has 3 aromatic carbocycles. The molecule has 8 nitrogen and oxygen atoms in total. The molecule has 0 spiro atoms. The maximum absolute atomic E-state index is 15.0. The minimum absolute atomic E-state index is 0.0660. The maximum atomic E-state index is 15.0. The Morgan fingerprint density at radius 3 is 1.95 bits per heavy atom. The van der Waals surface area contributed by atoms with Gasteiger partial charge in [0.05, 0.1) is 19.3 Å². The summed E-state index contributed by atoms with van der Waals surface area (Å²) in [5.74, 6) is -2.07. The first-order valence-corrected chi connectivity index (χ1v) is 13.8. The molecule has 1 aliphatic heterocycles. The predicted octanol–water partition coefficient (Wildman–Crippen LogP) is 6.33. The van der Waals surface area contributed by atoms with E-state index in [-0.39, 0.29) is 18.9 Å². The summed E-state index contributed by atoms with van der Waals surface area (Å²) in [7, 11) is -4.22. The molecule has 1 unspecified atom stereocenters. The second-order valence-electron chi connectivity index (χ2n) is 8.08. The molecule has 0 aliphatic carbocycles. The lowest BCUT2D eigenvalue weighted by atomic mass is 10.0. The topological polar surface area (TPSA) is 91.4 Å². The lowest BCUT2D eigenvalue weighted by Gasteiger charge is -2.38. The van der Waals surface area contributed by atoms with Gasteiger partial charge >= 0.3 is 19.5 Å². The molecule has 1 aliphatic rings. The first-order valence-electron chi connectivity index (χ1n) is 12.1. The molecule has 1 atom stereocenters. The van der Waals surface area contributed by atoms with Crippen molar-refractivity contribution >= 4 is 25.6 Å². The summed E-state index contributed by atoms with van der Waals surface area (Å²) in [6.07, 6.45) is 4.34. The van der Waals surface area contributed by atoms with Crippen LogP contribution in [0.5, 0.6) is 11.5 Å². The number of carbonyl (C=O) groups is 2. The lowest BCUT2D eigenvalue weighted by Crippen LogP contribution is -2.33. The first kappa shape index (κ1) is 26.8. The van der Waals surface area contributed by atoms with Crippen LogP contribution in [0.1, 0.15) is 30.8 Å². The van der Waals surface area contributed by atoms with Crippen LogP contribution in [0.2, 0.25) is 0 Å². The van der Waals surface area contributed by atoms with Gasteiger partial charge in [-0.05, 0) is 55.3 Å². The molecule has 3 aromatic rings. The molecule has 0 saturated carbocycles. The Labute approximate surface area is 221 Å². The monoisotopic (exact) mass is 533 g/mol. The Hall–Kier alpha value is -4.29. The number of esters is 2. The van der Waals surface area contributed by atoms with Crippen LogP contribution < -0.4 is 9.05 Å². The Kier molecular flexibility index (Phi) is 8.66. The normalized spacial score (nSPS) is 14.8. The summed E-state index contributed by atoms with van der Waals surface area (Å²) in [5, 5.41) is 0. The molecular weight excluding hydrogens is 505 g/mol. The van der Waals surface area contributed by atoms with Crippen LogP contribution >= 0.6 is 7.60 Å². The third-order valence-electron chi connectivity index (χ3n) is 5.51. The van der Waals surface area contributed by atoms with Gasteiger partial charge in [0.1, 0.15) is 17.2 Å². The summed E-state index contributed by atoms with van der Waals surface area (Å²) >= 11 is 0. The van der Waals surface area contributed by atoms with Crippen molar-refractivity contribution < 1.29 is 32.7 Å². The van der Waals surface area contributed by atoms with Crippen LogP contribution in [0.25, 0.3) is 6.08 Å². The fraction of sp³-hybridized carbons (Fsp3) is 0.172. The highest BCUT2D eigenvalue weighted by Gasteiger charge is 2.48. The fourth-order valence-corrected chi connectivity index (χ4v) is 6.09. The van der Waals surface area contributed by atoms with Crippen LogP contribution in [-0.2, 0) is 23.6 Å². The molecule has 4 rings (SSSR count).